The maximum atomic E-state index is 12.3. The number of fused-ring (bicyclic) bond motifs is 1. The predicted octanol–water partition coefficient (Wildman–Crippen LogP) is 1.97. The van der Waals surface area contributed by atoms with Gasteiger partial charge in [-0.25, -0.2) is 0 Å². The number of rotatable bonds is 3. The van der Waals surface area contributed by atoms with Crippen molar-refractivity contribution in [3.8, 4) is 0 Å². The molecule has 23 heavy (non-hydrogen) atoms. The van der Waals surface area contributed by atoms with Crippen LogP contribution in [-0.2, 0) is 9.59 Å². The molecule has 2 N–H and O–H groups in total. The van der Waals surface area contributed by atoms with Gasteiger partial charge in [0.15, 0.2) is 0 Å². The number of carbonyl (C=O) groups is 2. The van der Waals surface area contributed by atoms with E-state index in [2.05, 4.69) is 4.98 Å². The van der Waals surface area contributed by atoms with Gasteiger partial charge in [0.25, 0.3) is 0 Å². The Kier molecular flexibility index (Phi) is 4.37. The Hall–Kier alpha value is -2.69. The van der Waals surface area contributed by atoms with Crippen molar-refractivity contribution in [2.75, 3.05) is 13.1 Å². The molecule has 0 aliphatic carbocycles. The lowest BCUT2D eigenvalue weighted by Gasteiger charge is -2.29. The number of aromatic nitrogens is 1. The highest BCUT2D eigenvalue weighted by Crippen LogP contribution is 2.19. The second-order valence-corrected chi connectivity index (χ2v) is 5.76. The smallest absolute Gasteiger partial charge is 0.246 e. The van der Waals surface area contributed by atoms with Gasteiger partial charge in [0.05, 0.1) is 5.52 Å². The van der Waals surface area contributed by atoms with Gasteiger partial charge in [0.1, 0.15) is 0 Å². The van der Waals surface area contributed by atoms with Crippen molar-refractivity contribution in [2.24, 2.45) is 11.7 Å². The molecule has 0 unspecified atom stereocenters. The van der Waals surface area contributed by atoms with Crippen LogP contribution in [0.1, 0.15) is 18.4 Å². The molecular weight excluding hydrogens is 290 g/mol. The number of nitrogens with two attached hydrogens (primary N) is 1. The zero-order valence-electron chi connectivity index (χ0n) is 12.8. The molecule has 0 atom stereocenters. The average Bonchev–Trinajstić information content (AvgIpc) is 2.59. The number of hydrogen-bond donors (Lipinski definition) is 1. The molecule has 2 heterocycles. The molecule has 0 saturated carbocycles. The van der Waals surface area contributed by atoms with Crippen molar-refractivity contribution >= 4 is 28.8 Å². The average molecular weight is 309 g/mol. The third kappa shape index (κ3) is 3.39. The quantitative estimate of drug-likeness (QED) is 0.881. The zero-order chi connectivity index (χ0) is 16.2. The van der Waals surface area contributed by atoms with E-state index in [0.29, 0.717) is 25.9 Å². The van der Waals surface area contributed by atoms with Crippen LogP contribution in [0.15, 0.2) is 42.6 Å². The molecule has 1 aliphatic rings. The molecule has 0 bridgehead atoms. The topological polar surface area (TPSA) is 76.3 Å². The first kappa shape index (κ1) is 15.2. The van der Waals surface area contributed by atoms with E-state index in [1.165, 1.54) is 0 Å². The summed E-state index contributed by atoms with van der Waals surface area (Å²) in [5.41, 5.74) is 7.11. The summed E-state index contributed by atoms with van der Waals surface area (Å²) in [5, 5.41) is 1.05. The molecule has 0 spiro atoms. The Balaban J connectivity index is 1.70. The van der Waals surface area contributed by atoms with E-state index in [1.807, 2.05) is 30.3 Å². The SMILES string of the molecule is NC(=O)C1CCN(C(=O)/C=C\c2cccc3cccnc23)CC1. The number of benzene rings is 1. The molecule has 5 nitrogen and oxygen atoms in total. The number of likely N-dealkylation sites (tertiary alicyclic amines) is 1. The zero-order valence-corrected chi connectivity index (χ0v) is 12.8. The summed E-state index contributed by atoms with van der Waals surface area (Å²) >= 11 is 0. The van der Waals surface area contributed by atoms with E-state index in [1.54, 1.807) is 23.2 Å². The molecule has 0 radical (unpaired) electrons. The summed E-state index contributed by atoms with van der Waals surface area (Å²) in [4.78, 5) is 29.6. The molecule has 3 rings (SSSR count). The van der Waals surface area contributed by atoms with Crippen LogP contribution in [0.4, 0.5) is 0 Å². The van der Waals surface area contributed by atoms with Crippen LogP contribution in [0, 0.1) is 5.92 Å². The molecule has 1 aliphatic heterocycles. The predicted molar refractivity (Wildman–Crippen MR) is 89.3 cm³/mol. The summed E-state index contributed by atoms with van der Waals surface area (Å²) in [6, 6.07) is 9.78. The Morgan fingerprint density at radius 3 is 2.65 bits per heavy atom. The minimum Gasteiger partial charge on any atom is -0.369 e. The highest BCUT2D eigenvalue weighted by molar-refractivity contribution is 5.95. The van der Waals surface area contributed by atoms with Gasteiger partial charge in [-0.2, -0.15) is 0 Å². The van der Waals surface area contributed by atoms with E-state index in [4.69, 9.17) is 5.73 Å². The molecule has 1 aromatic heterocycles. The third-order valence-corrected chi connectivity index (χ3v) is 4.28. The highest BCUT2D eigenvalue weighted by Gasteiger charge is 2.24. The fourth-order valence-corrected chi connectivity index (χ4v) is 2.91. The van der Waals surface area contributed by atoms with Crippen molar-refractivity contribution in [2.45, 2.75) is 12.8 Å². The summed E-state index contributed by atoms with van der Waals surface area (Å²) in [6.45, 7) is 1.15. The molecular formula is C18H19N3O2. The normalized spacial score (nSPS) is 16.1. The van der Waals surface area contributed by atoms with Crippen LogP contribution in [0.2, 0.25) is 0 Å². The second kappa shape index (κ2) is 6.60. The number of piperidine rings is 1. The van der Waals surface area contributed by atoms with Crippen LogP contribution in [0.3, 0.4) is 0 Å². The van der Waals surface area contributed by atoms with Crippen molar-refractivity contribution in [3.05, 3.63) is 48.2 Å². The fraction of sp³-hybridized carbons (Fsp3) is 0.278. The second-order valence-electron chi connectivity index (χ2n) is 5.76. The lowest BCUT2D eigenvalue weighted by atomic mass is 9.96. The minimum atomic E-state index is -0.269. The number of amides is 2. The van der Waals surface area contributed by atoms with Gasteiger partial charge >= 0.3 is 0 Å². The molecule has 1 saturated heterocycles. The lowest BCUT2D eigenvalue weighted by Crippen LogP contribution is -2.41. The molecule has 118 valence electrons. The monoisotopic (exact) mass is 309 g/mol. The van der Waals surface area contributed by atoms with Gasteiger partial charge in [0, 0.05) is 42.2 Å². The number of nitrogens with zero attached hydrogens (tertiary/aromatic N) is 2. The first-order valence-electron chi connectivity index (χ1n) is 7.75. The van der Waals surface area contributed by atoms with E-state index >= 15 is 0 Å². The maximum Gasteiger partial charge on any atom is 0.246 e. The lowest BCUT2D eigenvalue weighted by molar-refractivity contribution is -0.130. The van der Waals surface area contributed by atoms with E-state index in [-0.39, 0.29) is 17.7 Å². The van der Waals surface area contributed by atoms with Crippen molar-refractivity contribution < 1.29 is 9.59 Å². The van der Waals surface area contributed by atoms with E-state index < -0.39 is 0 Å². The van der Waals surface area contributed by atoms with E-state index in [0.717, 1.165) is 16.5 Å². The summed E-state index contributed by atoms with van der Waals surface area (Å²) in [7, 11) is 0. The van der Waals surface area contributed by atoms with Gasteiger partial charge in [-0.15, -0.1) is 0 Å². The Morgan fingerprint density at radius 1 is 1.17 bits per heavy atom. The van der Waals surface area contributed by atoms with Gasteiger partial charge in [-0.3, -0.25) is 14.6 Å². The molecule has 2 aromatic rings. The Morgan fingerprint density at radius 2 is 1.91 bits per heavy atom. The summed E-state index contributed by atoms with van der Waals surface area (Å²) in [5.74, 6) is -0.416. The van der Waals surface area contributed by atoms with E-state index in [9.17, 15) is 9.59 Å². The third-order valence-electron chi connectivity index (χ3n) is 4.28. The number of para-hydroxylation sites is 1. The van der Waals surface area contributed by atoms with Crippen LogP contribution < -0.4 is 5.73 Å². The van der Waals surface area contributed by atoms with Gasteiger partial charge in [0.2, 0.25) is 11.8 Å². The Bertz CT molecular complexity index is 756. The fourth-order valence-electron chi connectivity index (χ4n) is 2.91. The first-order chi connectivity index (χ1) is 11.1. The molecule has 1 aromatic carbocycles. The van der Waals surface area contributed by atoms with Crippen LogP contribution in [0.5, 0.6) is 0 Å². The van der Waals surface area contributed by atoms with Gasteiger partial charge in [-0.1, -0.05) is 24.3 Å². The summed E-state index contributed by atoms with van der Waals surface area (Å²) in [6.07, 6.45) is 6.41. The number of carbonyl (C=O) groups excluding carboxylic acids is 2. The Labute approximate surface area is 134 Å². The van der Waals surface area contributed by atoms with Crippen LogP contribution in [0.25, 0.3) is 17.0 Å². The first-order valence-corrected chi connectivity index (χ1v) is 7.75. The van der Waals surface area contributed by atoms with Crippen LogP contribution in [-0.4, -0.2) is 34.8 Å². The molecule has 1 fully saturated rings. The number of primary amides is 1. The standard InChI is InChI=1S/C18H19N3O2/c19-18(23)15-8-11-21(12-9-15)16(22)7-6-14-4-1-3-13-5-2-10-20-17(13)14/h1-7,10,15H,8-9,11-12H2,(H2,19,23)/b7-6-. The summed E-state index contributed by atoms with van der Waals surface area (Å²) < 4.78 is 0. The number of pyridine rings is 1. The molecule has 2 amide bonds. The number of hydrogen-bond acceptors (Lipinski definition) is 3. The van der Waals surface area contributed by atoms with Crippen molar-refractivity contribution in [3.63, 3.8) is 0 Å². The van der Waals surface area contributed by atoms with Crippen molar-refractivity contribution in [1.82, 2.24) is 9.88 Å². The van der Waals surface area contributed by atoms with Gasteiger partial charge in [-0.05, 0) is 25.0 Å². The van der Waals surface area contributed by atoms with Crippen molar-refractivity contribution in [1.29, 1.82) is 0 Å². The minimum absolute atomic E-state index is 0.0409. The molecule has 5 heteroatoms. The maximum absolute atomic E-state index is 12.3. The van der Waals surface area contributed by atoms with Gasteiger partial charge < -0.3 is 10.6 Å². The highest BCUT2D eigenvalue weighted by atomic mass is 16.2. The largest absolute Gasteiger partial charge is 0.369 e. The van der Waals surface area contributed by atoms with Crippen LogP contribution >= 0.6 is 0 Å².